The van der Waals surface area contributed by atoms with Gasteiger partial charge in [0.05, 0.1) is 11.8 Å². The number of amides is 1. The van der Waals surface area contributed by atoms with Gasteiger partial charge in [-0.15, -0.1) is 5.10 Å². The van der Waals surface area contributed by atoms with Crippen LogP contribution < -0.4 is 5.32 Å². The molecule has 0 fully saturated rings. The molecule has 0 aliphatic carbocycles. The quantitative estimate of drug-likeness (QED) is 0.728. The van der Waals surface area contributed by atoms with E-state index in [1.807, 2.05) is 25.1 Å². The van der Waals surface area contributed by atoms with Gasteiger partial charge in [-0.05, 0) is 39.8 Å². The summed E-state index contributed by atoms with van der Waals surface area (Å²) in [7, 11) is 1.75. The van der Waals surface area contributed by atoms with Gasteiger partial charge in [-0.2, -0.15) is 0 Å². The minimum absolute atomic E-state index is 0.0429. The first-order valence-corrected chi connectivity index (χ1v) is 8.25. The Hall–Kier alpha value is -2.41. The van der Waals surface area contributed by atoms with Gasteiger partial charge >= 0.3 is 0 Å². The second-order valence-corrected chi connectivity index (χ2v) is 6.21. The van der Waals surface area contributed by atoms with Crippen LogP contribution in [0.2, 0.25) is 0 Å². The Labute approximate surface area is 138 Å². The van der Waals surface area contributed by atoms with Gasteiger partial charge in [0, 0.05) is 7.05 Å². The second kappa shape index (κ2) is 6.78. The largest absolute Gasteiger partial charge is 0.349 e. The first-order chi connectivity index (χ1) is 11.1. The lowest BCUT2D eigenvalue weighted by Crippen LogP contribution is -2.28. The van der Waals surface area contributed by atoms with Gasteiger partial charge in [-0.3, -0.25) is 4.79 Å². The highest BCUT2D eigenvalue weighted by atomic mass is 32.2. The normalized spacial score (nSPS) is 12.3. The zero-order valence-electron chi connectivity index (χ0n) is 12.9. The van der Waals surface area contributed by atoms with Gasteiger partial charge in [0.25, 0.3) is 0 Å². The number of hydrogen-bond acceptors (Lipinski definition) is 5. The SMILES string of the molecule is C[C@H](NC(=O)CSc1nnnn1C)c1ccc2ccccc2c1. The Morgan fingerprint density at radius 3 is 2.78 bits per heavy atom. The van der Waals surface area contributed by atoms with Crippen LogP contribution >= 0.6 is 11.8 Å². The zero-order valence-corrected chi connectivity index (χ0v) is 13.7. The Morgan fingerprint density at radius 2 is 2.04 bits per heavy atom. The fraction of sp³-hybridized carbons (Fsp3) is 0.250. The number of hydrogen-bond donors (Lipinski definition) is 1. The van der Waals surface area contributed by atoms with Crippen molar-refractivity contribution >= 4 is 28.4 Å². The molecule has 1 N–H and O–H groups in total. The first kappa shape index (κ1) is 15.5. The van der Waals surface area contributed by atoms with Gasteiger partial charge in [0.15, 0.2) is 0 Å². The van der Waals surface area contributed by atoms with E-state index < -0.39 is 0 Å². The molecule has 0 saturated heterocycles. The van der Waals surface area contributed by atoms with E-state index in [-0.39, 0.29) is 17.7 Å². The van der Waals surface area contributed by atoms with Crippen molar-refractivity contribution in [2.75, 3.05) is 5.75 Å². The molecule has 1 heterocycles. The average molecular weight is 327 g/mol. The summed E-state index contributed by atoms with van der Waals surface area (Å²) < 4.78 is 1.55. The number of rotatable bonds is 5. The molecule has 3 aromatic rings. The topological polar surface area (TPSA) is 72.7 Å². The van der Waals surface area contributed by atoms with Crippen LogP contribution in [0.15, 0.2) is 47.6 Å². The molecule has 6 nitrogen and oxygen atoms in total. The molecule has 0 saturated carbocycles. The van der Waals surface area contributed by atoms with Crippen LogP contribution in [-0.4, -0.2) is 31.9 Å². The van der Waals surface area contributed by atoms with Crippen LogP contribution in [0.25, 0.3) is 10.8 Å². The molecule has 2 aromatic carbocycles. The molecule has 23 heavy (non-hydrogen) atoms. The smallest absolute Gasteiger partial charge is 0.230 e. The lowest BCUT2D eigenvalue weighted by molar-refractivity contribution is -0.119. The lowest BCUT2D eigenvalue weighted by Gasteiger charge is -2.15. The third-order valence-corrected chi connectivity index (χ3v) is 4.58. The van der Waals surface area contributed by atoms with Crippen LogP contribution in [0.4, 0.5) is 0 Å². The summed E-state index contributed by atoms with van der Waals surface area (Å²) in [4.78, 5) is 12.1. The highest BCUT2D eigenvalue weighted by Gasteiger charge is 2.12. The number of thioether (sulfide) groups is 1. The van der Waals surface area contributed by atoms with Gasteiger partial charge in [-0.1, -0.05) is 48.2 Å². The lowest BCUT2D eigenvalue weighted by atomic mass is 10.0. The molecule has 118 valence electrons. The Kier molecular flexibility index (Phi) is 4.57. The average Bonchev–Trinajstić information content (AvgIpc) is 2.97. The van der Waals surface area contributed by atoms with Crippen molar-refractivity contribution in [2.45, 2.75) is 18.1 Å². The van der Waals surface area contributed by atoms with Gasteiger partial charge in [0.1, 0.15) is 0 Å². The summed E-state index contributed by atoms with van der Waals surface area (Å²) in [5, 5.41) is 17.1. The number of nitrogens with one attached hydrogen (secondary N) is 1. The van der Waals surface area contributed by atoms with Gasteiger partial charge < -0.3 is 5.32 Å². The molecular weight excluding hydrogens is 310 g/mol. The van der Waals surface area contributed by atoms with E-state index in [1.54, 1.807) is 11.7 Å². The van der Waals surface area contributed by atoms with Crippen LogP contribution in [0, 0.1) is 0 Å². The molecule has 1 aromatic heterocycles. The number of aryl methyl sites for hydroxylation is 1. The molecule has 0 aliphatic heterocycles. The van der Waals surface area contributed by atoms with E-state index in [0.717, 1.165) is 5.56 Å². The van der Waals surface area contributed by atoms with Crippen LogP contribution in [0.3, 0.4) is 0 Å². The molecule has 0 spiro atoms. The van der Waals surface area contributed by atoms with Crippen molar-refractivity contribution in [1.29, 1.82) is 0 Å². The van der Waals surface area contributed by atoms with Crippen molar-refractivity contribution in [3.63, 3.8) is 0 Å². The van der Waals surface area contributed by atoms with Crippen molar-refractivity contribution in [2.24, 2.45) is 7.05 Å². The Morgan fingerprint density at radius 1 is 1.26 bits per heavy atom. The van der Waals surface area contributed by atoms with Crippen LogP contribution in [0.5, 0.6) is 0 Å². The summed E-state index contributed by atoms with van der Waals surface area (Å²) in [5.74, 6) is 0.241. The number of tetrazole rings is 1. The van der Waals surface area contributed by atoms with Crippen molar-refractivity contribution in [3.05, 3.63) is 48.0 Å². The summed E-state index contributed by atoms with van der Waals surface area (Å²) in [6.07, 6.45) is 0. The number of benzene rings is 2. The number of aromatic nitrogens is 4. The monoisotopic (exact) mass is 327 g/mol. The van der Waals surface area contributed by atoms with E-state index >= 15 is 0 Å². The van der Waals surface area contributed by atoms with Gasteiger partial charge in [0.2, 0.25) is 11.1 Å². The number of carbonyl (C=O) groups excluding carboxylic acids is 1. The third-order valence-electron chi connectivity index (χ3n) is 3.56. The van der Waals surface area contributed by atoms with E-state index in [2.05, 4.69) is 45.1 Å². The van der Waals surface area contributed by atoms with E-state index in [0.29, 0.717) is 5.16 Å². The number of fused-ring (bicyclic) bond motifs is 1. The van der Waals surface area contributed by atoms with E-state index in [1.165, 1.54) is 22.5 Å². The number of carbonyl (C=O) groups is 1. The molecular formula is C16H17N5OS. The molecule has 0 radical (unpaired) electrons. The van der Waals surface area contributed by atoms with Gasteiger partial charge in [-0.25, -0.2) is 4.68 Å². The predicted octanol–water partition coefficient (Wildman–Crippen LogP) is 2.33. The van der Waals surface area contributed by atoms with Crippen molar-refractivity contribution < 1.29 is 4.79 Å². The second-order valence-electron chi connectivity index (χ2n) is 5.27. The maximum atomic E-state index is 12.1. The highest BCUT2D eigenvalue weighted by molar-refractivity contribution is 7.99. The van der Waals surface area contributed by atoms with Crippen LogP contribution in [0.1, 0.15) is 18.5 Å². The fourth-order valence-electron chi connectivity index (χ4n) is 2.32. The molecule has 0 unspecified atom stereocenters. The maximum Gasteiger partial charge on any atom is 0.230 e. The minimum Gasteiger partial charge on any atom is -0.349 e. The molecule has 1 amide bonds. The summed E-state index contributed by atoms with van der Waals surface area (Å²) in [5.41, 5.74) is 1.09. The standard InChI is InChI=1S/C16H17N5OS/c1-11(13-8-7-12-5-3-4-6-14(12)9-13)17-15(22)10-23-16-18-19-20-21(16)2/h3-9,11H,10H2,1-2H3,(H,17,22)/t11-/m0/s1. The summed E-state index contributed by atoms with van der Waals surface area (Å²) in [6, 6.07) is 14.4. The maximum absolute atomic E-state index is 12.1. The highest BCUT2D eigenvalue weighted by Crippen LogP contribution is 2.20. The summed E-state index contributed by atoms with van der Waals surface area (Å²) in [6.45, 7) is 1.98. The summed E-state index contributed by atoms with van der Waals surface area (Å²) >= 11 is 1.32. The fourth-order valence-corrected chi connectivity index (χ4v) is 2.98. The number of nitrogens with zero attached hydrogens (tertiary/aromatic N) is 4. The van der Waals surface area contributed by atoms with E-state index in [4.69, 9.17) is 0 Å². The Balaban J connectivity index is 1.62. The molecule has 0 aliphatic rings. The first-order valence-electron chi connectivity index (χ1n) is 7.26. The molecule has 7 heteroatoms. The van der Waals surface area contributed by atoms with Crippen molar-refractivity contribution in [1.82, 2.24) is 25.5 Å². The molecule has 3 rings (SSSR count). The zero-order chi connectivity index (χ0) is 16.2. The molecule has 1 atom stereocenters. The van der Waals surface area contributed by atoms with Crippen molar-refractivity contribution in [3.8, 4) is 0 Å². The Bertz CT molecular complexity index is 832. The van der Waals surface area contributed by atoms with E-state index in [9.17, 15) is 4.79 Å². The van der Waals surface area contributed by atoms with Crippen LogP contribution in [-0.2, 0) is 11.8 Å². The predicted molar refractivity (Wildman–Crippen MR) is 90.0 cm³/mol. The molecule has 0 bridgehead atoms. The third kappa shape index (κ3) is 3.68. The minimum atomic E-state index is -0.0506.